The van der Waals surface area contributed by atoms with Crippen molar-refractivity contribution in [2.75, 3.05) is 0 Å². The third-order valence-corrected chi connectivity index (χ3v) is 1.41. The van der Waals surface area contributed by atoms with Crippen LogP contribution in [0.4, 0.5) is 0 Å². The molecule has 72 valence electrons. The number of rotatable bonds is 5. The van der Waals surface area contributed by atoms with Crippen molar-refractivity contribution < 1.29 is 9.53 Å². The normalized spacial score (nSPS) is 9.15. The Bertz CT molecular complexity index is 214. The molecule has 0 N–H and O–H groups in total. The van der Waals surface area contributed by atoms with Gasteiger partial charge in [-0.1, -0.05) is 24.8 Å². The van der Waals surface area contributed by atoms with E-state index in [1.807, 2.05) is 19.9 Å². The van der Waals surface area contributed by atoms with Gasteiger partial charge in [-0.05, 0) is 26.0 Å². The fourth-order valence-corrected chi connectivity index (χ4v) is 0.680. The maximum Gasteiger partial charge on any atom is 0.310 e. The summed E-state index contributed by atoms with van der Waals surface area (Å²) in [6.07, 6.45) is 4.82. The number of esters is 1. The van der Waals surface area contributed by atoms with E-state index in [0.29, 0.717) is 6.42 Å². The van der Waals surface area contributed by atoms with Crippen molar-refractivity contribution in [3.8, 4) is 0 Å². The lowest BCUT2D eigenvalue weighted by Crippen LogP contribution is -2.12. The lowest BCUT2D eigenvalue weighted by Gasteiger charge is -2.07. The second kappa shape index (κ2) is 6.23. The maximum atomic E-state index is 11.1. The molecule has 0 aromatic carbocycles. The standard InChI is InChI=1S/C11H16O2/c1-5-10(6-2)13-11(12)8-7-9(3)4/h5-7,10H,1-2,8H2,3-4H3. The van der Waals surface area contributed by atoms with E-state index in [2.05, 4.69) is 13.2 Å². The first-order valence-corrected chi connectivity index (χ1v) is 4.18. The van der Waals surface area contributed by atoms with E-state index in [1.54, 1.807) is 0 Å². The van der Waals surface area contributed by atoms with Crippen LogP contribution in [0.3, 0.4) is 0 Å². The van der Waals surface area contributed by atoms with Crippen molar-refractivity contribution >= 4 is 5.97 Å². The van der Waals surface area contributed by atoms with Gasteiger partial charge >= 0.3 is 5.97 Å². The second-order valence-corrected chi connectivity index (χ2v) is 2.91. The van der Waals surface area contributed by atoms with Gasteiger partial charge in [0.15, 0.2) is 0 Å². The molecule has 0 aliphatic rings. The summed E-state index contributed by atoms with van der Waals surface area (Å²) in [6, 6.07) is 0. The van der Waals surface area contributed by atoms with Gasteiger partial charge in [0.05, 0.1) is 6.42 Å². The predicted octanol–water partition coefficient (Wildman–Crippen LogP) is 2.63. The number of allylic oxidation sites excluding steroid dienone is 1. The van der Waals surface area contributed by atoms with Crippen LogP contribution in [-0.2, 0) is 9.53 Å². The summed E-state index contributed by atoms with van der Waals surface area (Å²) >= 11 is 0. The lowest BCUT2D eigenvalue weighted by atomic mass is 10.2. The molecule has 0 radical (unpaired) electrons. The van der Waals surface area contributed by atoms with Gasteiger partial charge in [-0.15, -0.1) is 0 Å². The SMILES string of the molecule is C=CC(C=C)OC(=O)CC=C(C)C. The molecule has 2 nitrogen and oxygen atoms in total. The summed E-state index contributed by atoms with van der Waals surface area (Å²) < 4.78 is 4.98. The zero-order valence-corrected chi connectivity index (χ0v) is 8.25. The monoisotopic (exact) mass is 180 g/mol. The summed E-state index contributed by atoms with van der Waals surface area (Å²) in [4.78, 5) is 11.1. The van der Waals surface area contributed by atoms with Crippen LogP contribution in [0.25, 0.3) is 0 Å². The minimum atomic E-state index is -0.377. The van der Waals surface area contributed by atoms with Crippen LogP contribution in [0.15, 0.2) is 37.0 Å². The maximum absolute atomic E-state index is 11.1. The Morgan fingerprint density at radius 1 is 1.38 bits per heavy atom. The minimum absolute atomic E-state index is 0.258. The highest BCUT2D eigenvalue weighted by Gasteiger charge is 2.04. The Balaban J connectivity index is 3.93. The fraction of sp³-hybridized carbons (Fsp3) is 0.364. The minimum Gasteiger partial charge on any atom is -0.454 e. The van der Waals surface area contributed by atoms with E-state index >= 15 is 0 Å². The van der Waals surface area contributed by atoms with Crippen molar-refractivity contribution in [3.05, 3.63) is 37.0 Å². The summed E-state index contributed by atoms with van der Waals surface area (Å²) in [6.45, 7) is 10.9. The molecule has 0 spiro atoms. The average molecular weight is 180 g/mol. The Morgan fingerprint density at radius 2 is 1.92 bits per heavy atom. The largest absolute Gasteiger partial charge is 0.454 e. The highest BCUT2D eigenvalue weighted by Crippen LogP contribution is 2.00. The van der Waals surface area contributed by atoms with Crippen molar-refractivity contribution in [1.29, 1.82) is 0 Å². The number of hydrogen-bond donors (Lipinski definition) is 0. The molecule has 0 aromatic heterocycles. The Labute approximate surface area is 79.6 Å². The Morgan fingerprint density at radius 3 is 2.31 bits per heavy atom. The van der Waals surface area contributed by atoms with Crippen molar-refractivity contribution in [3.63, 3.8) is 0 Å². The quantitative estimate of drug-likeness (QED) is 0.480. The van der Waals surface area contributed by atoms with Crippen LogP contribution in [0.2, 0.25) is 0 Å². The van der Waals surface area contributed by atoms with Gasteiger partial charge in [-0.2, -0.15) is 0 Å². The lowest BCUT2D eigenvalue weighted by molar-refractivity contribution is -0.144. The first kappa shape index (κ1) is 11.7. The van der Waals surface area contributed by atoms with E-state index in [9.17, 15) is 4.79 Å². The molecule has 0 unspecified atom stereocenters. The first-order chi connectivity index (χ1) is 6.10. The van der Waals surface area contributed by atoms with E-state index in [0.717, 1.165) is 5.57 Å². The van der Waals surface area contributed by atoms with Gasteiger partial charge in [-0.3, -0.25) is 4.79 Å². The van der Waals surface area contributed by atoms with Gasteiger partial charge in [0, 0.05) is 0 Å². The van der Waals surface area contributed by atoms with Crippen LogP contribution < -0.4 is 0 Å². The highest BCUT2D eigenvalue weighted by atomic mass is 16.5. The third kappa shape index (κ3) is 5.91. The Hall–Kier alpha value is -1.31. The second-order valence-electron chi connectivity index (χ2n) is 2.91. The molecule has 0 heterocycles. The van der Waals surface area contributed by atoms with Gasteiger partial charge in [0.2, 0.25) is 0 Å². The van der Waals surface area contributed by atoms with E-state index < -0.39 is 0 Å². The van der Waals surface area contributed by atoms with Crippen molar-refractivity contribution in [1.82, 2.24) is 0 Å². The number of ether oxygens (including phenoxy) is 1. The predicted molar refractivity (Wildman–Crippen MR) is 54.3 cm³/mol. The molecule has 13 heavy (non-hydrogen) atoms. The molecule has 0 bridgehead atoms. The molecule has 2 heteroatoms. The van der Waals surface area contributed by atoms with Gasteiger partial charge < -0.3 is 4.74 Å². The van der Waals surface area contributed by atoms with E-state index in [1.165, 1.54) is 12.2 Å². The fourth-order valence-electron chi connectivity index (χ4n) is 0.680. The molecule has 0 saturated heterocycles. The zero-order chi connectivity index (χ0) is 10.3. The van der Waals surface area contributed by atoms with Gasteiger partial charge in [0.25, 0.3) is 0 Å². The molecule has 0 saturated carbocycles. The van der Waals surface area contributed by atoms with Crippen LogP contribution in [-0.4, -0.2) is 12.1 Å². The number of hydrogen-bond acceptors (Lipinski definition) is 2. The number of carbonyl (C=O) groups is 1. The number of carbonyl (C=O) groups excluding carboxylic acids is 1. The molecular weight excluding hydrogens is 164 g/mol. The van der Waals surface area contributed by atoms with Crippen LogP contribution in [0.5, 0.6) is 0 Å². The highest BCUT2D eigenvalue weighted by molar-refractivity contribution is 5.71. The zero-order valence-electron chi connectivity index (χ0n) is 8.25. The molecule has 0 aliphatic heterocycles. The molecule has 0 aromatic rings. The summed E-state index contributed by atoms with van der Waals surface area (Å²) in [7, 11) is 0. The van der Waals surface area contributed by atoms with Gasteiger partial charge in [0.1, 0.15) is 6.10 Å². The van der Waals surface area contributed by atoms with Crippen molar-refractivity contribution in [2.45, 2.75) is 26.4 Å². The van der Waals surface area contributed by atoms with Crippen molar-refractivity contribution in [2.24, 2.45) is 0 Å². The molecule has 0 aliphatic carbocycles. The summed E-state index contributed by atoms with van der Waals surface area (Å²) in [5.74, 6) is -0.258. The smallest absolute Gasteiger partial charge is 0.310 e. The van der Waals surface area contributed by atoms with E-state index in [-0.39, 0.29) is 12.1 Å². The molecular formula is C11H16O2. The molecule has 0 amide bonds. The van der Waals surface area contributed by atoms with Crippen LogP contribution >= 0.6 is 0 Å². The first-order valence-electron chi connectivity index (χ1n) is 4.18. The molecule has 0 fully saturated rings. The molecule has 0 atom stereocenters. The average Bonchev–Trinajstić information content (AvgIpc) is 2.10. The summed E-state index contributed by atoms with van der Waals surface area (Å²) in [5.41, 5.74) is 1.10. The van der Waals surface area contributed by atoms with E-state index in [4.69, 9.17) is 4.74 Å². The van der Waals surface area contributed by atoms with Crippen LogP contribution in [0, 0.1) is 0 Å². The van der Waals surface area contributed by atoms with Crippen LogP contribution in [0.1, 0.15) is 20.3 Å². The third-order valence-electron chi connectivity index (χ3n) is 1.41. The summed E-state index contributed by atoms with van der Waals surface area (Å²) in [5, 5.41) is 0. The van der Waals surface area contributed by atoms with Gasteiger partial charge in [-0.25, -0.2) is 0 Å². The molecule has 0 rings (SSSR count). The Kier molecular flexibility index (Phi) is 5.60. The topological polar surface area (TPSA) is 26.3 Å².